The number of thiophene rings is 1. The molecule has 0 radical (unpaired) electrons. The average molecular weight is 348 g/mol. The van der Waals surface area contributed by atoms with Crippen molar-refractivity contribution in [2.45, 2.75) is 13.3 Å². The lowest BCUT2D eigenvalue weighted by molar-refractivity contribution is 0.432. The van der Waals surface area contributed by atoms with Gasteiger partial charge in [-0.05, 0) is 59.8 Å². The molecule has 5 heteroatoms. The van der Waals surface area contributed by atoms with Crippen LogP contribution in [0.25, 0.3) is 22.2 Å². The van der Waals surface area contributed by atoms with E-state index < -0.39 is 0 Å². The second-order valence-electron chi connectivity index (χ2n) is 5.54. The van der Waals surface area contributed by atoms with Crippen molar-refractivity contribution in [2.75, 3.05) is 0 Å². The van der Waals surface area contributed by atoms with Crippen LogP contribution in [-0.4, -0.2) is 10.1 Å². The third-order valence-electron chi connectivity index (χ3n) is 3.79. The maximum atomic E-state index is 5.79. The van der Waals surface area contributed by atoms with E-state index in [0.29, 0.717) is 11.7 Å². The fraction of sp³-hybridized carbons (Fsp3) is 0.100. The SMILES string of the molecule is CCc1csc(-c2noc(-c3ccc(Oc4ccccc4)cc3)n2)c1. The third-order valence-corrected chi connectivity index (χ3v) is 4.76. The van der Waals surface area contributed by atoms with E-state index in [2.05, 4.69) is 28.5 Å². The van der Waals surface area contributed by atoms with Crippen molar-refractivity contribution in [3.8, 4) is 33.7 Å². The van der Waals surface area contributed by atoms with Gasteiger partial charge in [0.1, 0.15) is 11.5 Å². The summed E-state index contributed by atoms with van der Waals surface area (Å²) in [5.41, 5.74) is 2.15. The molecular formula is C20H16N2O2S. The summed E-state index contributed by atoms with van der Waals surface area (Å²) < 4.78 is 11.2. The molecule has 0 fully saturated rings. The molecule has 0 saturated carbocycles. The first-order chi connectivity index (χ1) is 12.3. The first-order valence-electron chi connectivity index (χ1n) is 8.06. The molecule has 2 aromatic heterocycles. The molecule has 0 amide bonds. The van der Waals surface area contributed by atoms with Crippen molar-refractivity contribution in [3.05, 3.63) is 71.6 Å². The van der Waals surface area contributed by atoms with Crippen LogP contribution in [0.15, 0.2) is 70.6 Å². The van der Waals surface area contributed by atoms with Gasteiger partial charge in [-0.1, -0.05) is 30.3 Å². The fourth-order valence-corrected chi connectivity index (χ4v) is 3.33. The van der Waals surface area contributed by atoms with Gasteiger partial charge in [0.25, 0.3) is 5.89 Å². The van der Waals surface area contributed by atoms with Crippen LogP contribution in [0.2, 0.25) is 0 Å². The van der Waals surface area contributed by atoms with Crippen molar-refractivity contribution in [1.29, 1.82) is 0 Å². The summed E-state index contributed by atoms with van der Waals surface area (Å²) in [5.74, 6) is 2.71. The molecule has 4 aromatic rings. The minimum atomic E-state index is 0.507. The predicted octanol–water partition coefficient (Wildman–Crippen LogP) is 5.82. The summed E-state index contributed by atoms with van der Waals surface area (Å²) in [4.78, 5) is 5.53. The molecule has 2 heterocycles. The second kappa shape index (κ2) is 6.91. The fourth-order valence-electron chi connectivity index (χ4n) is 2.41. The largest absolute Gasteiger partial charge is 0.457 e. The molecule has 0 aliphatic heterocycles. The van der Waals surface area contributed by atoms with Crippen LogP contribution in [-0.2, 0) is 6.42 Å². The van der Waals surface area contributed by atoms with Gasteiger partial charge in [-0.15, -0.1) is 11.3 Å². The van der Waals surface area contributed by atoms with Gasteiger partial charge in [-0.2, -0.15) is 4.98 Å². The molecule has 0 aliphatic rings. The lowest BCUT2D eigenvalue weighted by Gasteiger charge is -2.05. The Morgan fingerprint density at radius 3 is 2.48 bits per heavy atom. The van der Waals surface area contributed by atoms with Crippen LogP contribution in [0.1, 0.15) is 12.5 Å². The van der Waals surface area contributed by atoms with Gasteiger partial charge in [-0.3, -0.25) is 0 Å². The van der Waals surface area contributed by atoms with Crippen LogP contribution in [0.4, 0.5) is 0 Å². The number of hydrogen-bond donors (Lipinski definition) is 0. The highest BCUT2D eigenvalue weighted by Crippen LogP contribution is 2.29. The maximum absolute atomic E-state index is 5.79. The Hall–Kier alpha value is -2.92. The molecule has 2 aromatic carbocycles. The third kappa shape index (κ3) is 3.46. The van der Waals surface area contributed by atoms with Gasteiger partial charge in [-0.25, -0.2) is 0 Å². The smallest absolute Gasteiger partial charge is 0.258 e. The number of hydrogen-bond acceptors (Lipinski definition) is 5. The zero-order valence-electron chi connectivity index (χ0n) is 13.7. The number of rotatable bonds is 5. The molecule has 0 N–H and O–H groups in total. The van der Waals surface area contributed by atoms with Gasteiger partial charge in [0.15, 0.2) is 0 Å². The highest BCUT2D eigenvalue weighted by Gasteiger charge is 2.12. The van der Waals surface area contributed by atoms with E-state index in [1.165, 1.54) is 5.56 Å². The number of nitrogens with zero attached hydrogens (tertiary/aromatic N) is 2. The molecule has 0 spiro atoms. The molecule has 0 unspecified atom stereocenters. The summed E-state index contributed by atoms with van der Waals surface area (Å²) in [6.07, 6.45) is 1.00. The first-order valence-corrected chi connectivity index (χ1v) is 8.94. The number of ether oxygens (including phenoxy) is 1. The second-order valence-corrected chi connectivity index (χ2v) is 6.45. The molecule has 124 valence electrons. The van der Waals surface area contributed by atoms with Crippen molar-refractivity contribution in [2.24, 2.45) is 0 Å². The zero-order chi connectivity index (χ0) is 17.1. The van der Waals surface area contributed by atoms with E-state index in [-0.39, 0.29) is 0 Å². The predicted molar refractivity (Wildman–Crippen MR) is 98.9 cm³/mol. The molecule has 0 atom stereocenters. The van der Waals surface area contributed by atoms with Gasteiger partial charge >= 0.3 is 0 Å². The lowest BCUT2D eigenvalue weighted by atomic mass is 10.2. The molecule has 25 heavy (non-hydrogen) atoms. The molecule has 0 bridgehead atoms. The van der Waals surface area contributed by atoms with E-state index in [9.17, 15) is 0 Å². The summed E-state index contributed by atoms with van der Waals surface area (Å²) in [6, 6.07) is 19.4. The number of benzene rings is 2. The Morgan fingerprint density at radius 2 is 1.76 bits per heavy atom. The monoisotopic (exact) mass is 348 g/mol. The molecule has 0 aliphatic carbocycles. The van der Waals surface area contributed by atoms with Crippen LogP contribution < -0.4 is 4.74 Å². The van der Waals surface area contributed by atoms with E-state index in [4.69, 9.17) is 9.26 Å². The topological polar surface area (TPSA) is 48.2 Å². The Kier molecular flexibility index (Phi) is 4.31. The maximum Gasteiger partial charge on any atom is 0.258 e. The summed E-state index contributed by atoms with van der Waals surface area (Å²) in [7, 11) is 0. The van der Waals surface area contributed by atoms with E-state index in [1.54, 1.807) is 11.3 Å². The Labute approximate surface area is 149 Å². The Balaban J connectivity index is 1.52. The molecule has 0 saturated heterocycles. The summed E-state index contributed by atoms with van der Waals surface area (Å²) in [5, 5.41) is 6.22. The summed E-state index contributed by atoms with van der Waals surface area (Å²) >= 11 is 1.63. The quantitative estimate of drug-likeness (QED) is 0.456. The van der Waals surface area contributed by atoms with Gasteiger partial charge < -0.3 is 9.26 Å². The van der Waals surface area contributed by atoms with Crippen molar-refractivity contribution >= 4 is 11.3 Å². The normalized spacial score (nSPS) is 10.8. The number of aryl methyl sites for hydroxylation is 1. The Bertz CT molecular complexity index is 959. The Morgan fingerprint density at radius 1 is 1.00 bits per heavy atom. The van der Waals surface area contributed by atoms with Crippen molar-refractivity contribution in [1.82, 2.24) is 10.1 Å². The first kappa shape index (κ1) is 15.6. The van der Waals surface area contributed by atoms with Crippen LogP contribution in [0.5, 0.6) is 11.5 Å². The molecular weight excluding hydrogens is 332 g/mol. The highest BCUT2D eigenvalue weighted by molar-refractivity contribution is 7.13. The van der Waals surface area contributed by atoms with E-state index >= 15 is 0 Å². The van der Waals surface area contributed by atoms with Crippen molar-refractivity contribution in [3.63, 3.8) is 0 Å². The zero-order valence-corrected chi connectivity index (χ0v) is 14.5. The van der Waals surface area contributed by atoms with Crippen LogP contribution in [0, 0.1) is 0 Å². The minimum Gasteiger partial charge on any atom is -0.457 e. The standard InChI is InChI=1S/C20H16N2O2S/c1-2-14-12-18(25-13-14)19-21-20(24-22-19)15-8-10-17(11-9-15)23-16-6-4-3-5-7-16/h3-13H,2H2,1H3. The lowest BCUT2D eigenvalue weighted by Crippen LogP contribution is -1.84. The molecule has 4 rings (SSSR count). The average Bonchev–Trinajstić information content (AvgIpc) is 3.32. The van der Waals surface area contributed by atoms with Crippen molar-refractivity contribution < 1.29 is 9.26 Å². The minimum absolute atomic E-state index is 0.507. The number of para-hydroxylation sites is 1. The van der Waals surface area contributed by atoms with Gasteiger partial charge in [0.05, 0.1) is 4.88 Å². The van der Waals surface area contributed by atoms with E-state index in [0.717, 1.165) is 28.4 Å². The summed E-state index contributed by atoms with van der Waals surface area (Å²) in [6.45, 7) is 2.13. The van der Waals surface area contributed by atoms with Gasteiger partial charge in [0, 0.05) is 5.56 Å². The number of aromatic nitrogens is 2. The van der Waals surface area contributed by atoms with Crippen LogP contribution in [0.3, 0.4) is 0 Å². The van der Waals surface area contributed by atoms with Crippen LogP contribution >= 0.6 is 11.3 Å². The van der Waals surface area contributed by atoms with Gasteiger partial charge in [0.2, 0.25) is 5.82 Å². The highest BCUT2D eigenvalue weighted by atomic mass is 32.1. The van der Waals surface area contributed by atoms with E-state index in [1.807, 2.05) is 54.6 Å². The molecule has 4 nitrogen and oxygen atoms in total.